The average Bonchev–Trinajstić information content (AvgIpc) is 2.75. The van der Waals surface area contributed by atoms with Gasteiger partial charge >= 0.3 is 0 Å². The van der Waals surface area contributed by atoms with Crippen molar-refractivity contribution in [3.05, 3.63) is 35.1 Å². The third-order valence-corrected chi connectivity index (χ3v) is 2.96. The lowest BCUT2D eigenvalue weighted by molar-refractivity contribution is -0.119. The van der Waals surface area contributed by atoms with Gasteiger partial charge in [0, 0.05) is 19.0 Å². The molecule has 1 aliphatic rings. The van der Waals surface area contributed by atoms with Crippen LogP contribution in [0.1, 0.15) is 28.8 Å². The van der Waals surface area contributed by atoms with Gasteiger partial charge in [-0.05, 0) is 25.5 Å². The summed E-state index contributed by atoms with van der Waals surface area (Å²) in [6.07, 6.45) is 1.19. The Hall–Kier alpha value is -1.91. The topological polar surface area (TPSA) is 58.2 Å². The number of hydrogen-bond acceptors (Lipinski definition) is 2. The number of aryl methyl sites for hydroxylation is 1. The van der Waals surface area contributed by atoms with E-state index in [-0.39, 0.29) is 17.5 Å². The van der Waals surface area contributed by atoms with E-state index in [1.807, 2.05) is 0 Å². The van der Waals surface area contributed by atoms with Crippen molar-refractivity contribution in [3.8, 4) is 0 Å². The summed E-state index contributed by atoms with van der Waals surface area (Å²) in [6, 6.07) is 4.36. The molecular weight excluding hydrogens is 235 g/mol. The zero-order valence-corrected chi connectivity index (χ0v) is 10.1. The molecule has 5 heteroatoms. The van der Waals surface area contributed by atoms with Crippen molar-refractivity contribution < 1.29 is 14.0 Å². The van der Waals surface area contributed by atoms with Gasteiger partial charge in [-0.2, -0.15) is 0 Å². The smallest absolute Gasteiger partial charge is 0.254 e. The van der Waals surface area contributed by atoms with Gasteiger partial charge in [0.1, 0.15) is 5.82 Å². The SMILES string of the molecule is Cc1ccc(F)c(C(=O)NCC2CCC(=O)N2)c1. The van der Waals surface area contributed by atoms with Crippen molar-refractivity contribution in [1.82, 2.24) is 10.6 Å². The zero-order valence-electron chi connectivity index (χ0n) is 10.1. The number of nitrogens with one attached hydrogen (secondary N) is 2. The first-order valence-corrected chi connectivity index (χ1v) is 5.90. The summed E-state index contributed by atoms with van der Waals surface area (Å²) in [4.78, 5) is 22.8. The summed E-state index contributed by atoms with van der Waals surface area (Å²) in [5.74, 6) is -0.984. The fraction of sp³-hybridized carbons (Fsp3) is 0.385. The highest BCUT2D eigenvalue weighted by Crippen LogP contribution is 2.10. The fourth-order valence-electron chi connectivity index (χ4n) is 1.95. The standard InChI is InChI=1S/C13H15FN2O2/c1-8-2-4-11(14)10(6-8)13(18)15-7-9-3-5-12(17)16-9/h2,4,6,9H,3,5,7H2,1H3,(H,15,18)(H,16,17). The molecule has 18 heavy (non-hydrogen) atoms. The van der Waals surface area contributed by atoms with Crippen LogP contribution in [0.15, 0.2) is 18.2 Å². The van der Waals surface area contributed by atoms with Crippen molar-refractivity contribution in [1.29, 1.82) is 0 Å². The van der Waals surface area contributed by atoms with Gasteiger partial charge in [-0.15, -0.1) is 0 Å². The molecule has 2 N–H and O–H groups in total. The molecule has 1 atom stereocenters. The van der Waals surface area contributed by atoms with Gasteiger partial charge in [0.25, 0.3) is 5.91 Å². The van der Waals surface area contributed by atoms with Crippen LogP contribution in [0.5, 0.6) is 0 Å². The normalized spacial score (nSPS) is 18.6. The van der Waals surface area contributed by atoms with Crippen LogP contribution in [0.4, 0.5) is 4.39 Å². The molecule has 0 bridgehead atoms. The lowest BCUT2D eigenvalue weighted by Crippen LogP contribution is -2.38. The summed E-state index contributed by atoms with van der Waals surface area (Å²) in [6.45, 7) is 2.13. The molecule has 4 nitrogen and oxygen atoms in total. The summed E-state index contributed by atoms with van der Waals surface area (Å²) in [5, 5.41) is 5.38. The summed E-state index contributed by atoms with van der Waals surface area (Å²) in [5.41, 5.74) is 0.870. The van der Waals surface area contributed by atoms with E-state index in [1.54, 1.807) is 13.0 Å². The van der Waals surface area contributed by atoms with Gasteiger partial charge < -0.3 is 10.6 Å². The zero-order chi connectivity index (χ0) is 13.1. The molecule has 96 valence electrons. The maximum Gasteiger partial charge on any atom is 0.254 e. The lowest BCUT2D eigenvalue weighted by Gasteiger charge is -2.11. The Morgan fingerprint density at radius 2 is 2.33 bits per heavy atom. The van der Waals surface area contributed by atoms with Crippen molar-refractivity contribution in [2.45, 2.75) is 25.8 Å². The minimum atomic E-state index is -0.534. The first-order chi connectivity index (χ1) is 8.56. The molecule has 1 aromatic carbocycles. The summed E-state index contributed by atoms with van der Waals surface area (Å²) in [7, 11) is 0. The Bertz CT molecular complexity index is 488. The molecule has 1 aliphatic heterocycles. The van der Waals surface area contributed by atoms with Gasteiger partial charge in [0.05, 0.1) is 5.56 Å². The molecular formula is C13H15FN2O2. The van der Waals surface area contributed by atoms with E-state index < -0.39 is 11.7 Å². The average molecular weight is 250 g/mol. The van der Waals surface area contributed by atoms with Crippen LogP contribution in [-0.4, -0.2) is 24.4 Å². The van der Waals surface area contributed by atoms with Gasteiger partial charge in [0.15, 0.2) is 0 Å². The molecule has 1 fully saturated rings. The third-order valence-electron chi connectivity index (χ3n) is 2.96. The second kappa shape index (κ2) is 5.16. The van der Waals surface area contributed by atoms with Crippen LogP contribution >= 0.6 is 0 Å². The molecule has 2 rings (SSSR count). The lowest BCUT2D eigenvalue weighted by atomic mass is 10.1. The Balaban J connectivity index is 1.95. The minimum Gasteiger partial charge on any atom is -0.352 e. The monoisotopic (exact) mass is 250 g/mol. The quantitative estimate of drug-likeness (QED) is 0.845. The Morgan fingerprint density at radius 3 is 3.00 bits per heavy atom. The van der Waals surface area contributed by atoms with Crippen LogP contribution in [-0.2, 0) is 4.79 Å². The van der Waals surface area contributed by atoms with Crippen LogP contribution < -0.4 is 10.6 Å². The van der Waals surface area contributed by atoms with Crippen LogP contribution in [0.25, 0.3) is 0 Å². The highest BCUT2D eigenvalue weighted by molar-refractivity contribution is 5.94. The number of amides is 2. The predicted octanol–water partition coefficient (Wildman–Crippen LogP) is 1.14. The number of hydrogen-bond donors (Lipinski definition) is 2. The highest BCUT2D eigenvalue weighted by Gasteiger charge is 2.21. The van der Waals surface area contributed by atoms with E-state index in [2.05, 4.69) is 10.6 Å². The molecule has 0 saturated carbocycles. The molecule has 0 radical (unpaired) electrons. The van der Waals surface area contributed by atoms with E-state index in [4.69, 9.17) is 0 Å². The van der Waals surface area contributed by atoms with E-state index in [9.17, 15) is 14.0 Å². The van der Waals surface area contributed by atoms with Crippen molar-refractivity contribution in [2.24, 2.45) is 0 Å². The molecule has 1 unspecified atom stereocenters. The molecule has 0 aliphatic carbocycles. The first kappa shape index (κ1) is 12.5. The van der Waals surface area contributed by atoms with E-state index in [1.165, 1.54) is 12.1 Å². The molecule has 0 aromatic heterocycles. The van der Waals surface area contributed by atoms with Gasteiger partial charge in [-0.1, -0.05) is 11.6 Å². The highest BCUT2D eigenvalue weighted by atomic mass is 19.1. The largest absolute Gasteiger partial charge is 0.352 e. The molecule has 1 saturated heterocycles. The maximum absolute atomic E-state index is 13.5. The number of carbonyl (C=O) groups is 2. The number of carbonyl (C=O) groups excluding carboxylic acids is 2. The Kier molecular flexibility index (Phi) is 3.60. The Morgan fingerprint density at radius 1 is 1.56 bits per heavy atom. The minimum absolute atomic E-state index is 0.00372. The molecule has 2 amide bonds. The number of benzene rings is 1. The van der Waals surface area contributed by atoms with Crippen LogP contribution in [0, 0.1) is 12.7 Å². The van der Waals surface area contributed by atoms with E-state index in [0.717, 1.165) is 5.56 Å². The van der Waals surface area contributed by atoms with Gasteiger partial charge in [-0.25, -0.2) is 4.39 Å². The fourth-order valence-corrected chi connectivity index (χ4v) is 1.95. The van der Waals surface area contributed by atoms with Crippen molar-refractivity contribution in [2.75, 3.05) is 6.54 Å². The molecule has 1 aromatic rings. The van der Waals surface area contributed by atoms with Crippen LogP contribution in [0.3, 0.4) is 0 Å². The first-order valence-electron chi connectivity index (χ1n) is 5.90. The second-order valence-electron chi connectivity index (χ2n) is 4.50. The maximum atomic E-state index is 13.5. The number of rotatable bonds is 3. The second-order valence-corrected chi connectivity index (χ2v) is 4.50. The van der Waals surface area contributed by atoms with E-state index >= 15 is 0 Å². The van der Waals surface area contributed by atoms with Crippen molar-refractivity contribution in [3.63, 3.8) is 0 Å². The van der Waals surface area contributed by atoms with Gasteiger partial charge in [0.2, 0.25) is 5.91 Å². The van der Waals surface area contributed by atoms with E-state index in [0.29, 0.717) is 19.4 Å². The van der Waals surface area contributed by atoms with Crippen molar-refractivity contribution >= 4 is 11.8 Å². The molecule has 0 spiro atoms. The summed E-state index contributed by atoms with van der Waals surface area (Å²) >= 11 is 0. The number of halogens is 1. The third kappa shape index (κ3) is 2.85. The predicted molar refractivity (Wildman–Crippen MR) is 64.6 cm³/mol. The van der Waals surface area contributed by atoms with Crippen LogP contribution in [0.2, 0.25) is 0 Å². The Labute approximate surface area is 105 Å². The molecule has 1 heterocycles. The van der Waals surface area contributed by atoms with Gasteiger partial charge in [-0.3, -0.25) is 9.59 Å². The summed E-state index contributed by atoms with van der Waals surface area (Å²) < 4.78 is 13.5.